The summed E-state index contributed by atoms with van der Waals surface area (Å²) in [6.45, 7) is 5.21. The van der Waals surface area contributed by atoms with E-state index in [0.717, 1.165) is 24.7 Å². The summed E-state index contributed by atoms with van der Waals surface area (Å²) in [5, 5.41) is 8.84. The third-order valence-electron chi connectivity index (χ3n) is 4.52. The van der Waals surface area contributed by atoms with Crippen molar-refractivity contribution < 1.29 is 5.11 Å². The Balaban J connectivity index is 1.99. The van der Waals surface area contributed by atoms with Crippen LogP contribution >= 0.6 is 0 Å². The molecule has 0 radical (unpaired) electrons. The van der Waals surface area contributed by atoms with E-state index in [0.29, 0.717) is 12.0 Å². The van der Waals surface area contributed by atoms with Crippen LogP contribution < -0.4 is 0 Å². The average molecular weight is 208 g/mol. The lowest BCUT2D eigenvalue weighted by Gasteiger charge is -2.33. The van der Waals surface area contributed by atoms with Gasteiger partial charge in [-0.25, -0.2) is 0 Å². The summed E-state index contributed by atoms with van der Waals surface area (Å²) in [6.07, 6.45) is 10.1. The van der Waals surface area contributed by atoms with Crippen LogP contribution in [-0.2, 0) is 0 Å². The van der Waals surface area contributed by atoms with Crippen LogP contribution in [0.5, 0.6) is 0 Å². The van der Waals surface area contributed by atoms with Crippen molar-refractivity contribution in [3.05, 3.63) is 11.6 Å². The highest BCUT2D eigenvalue weighted by atomic mass is 16.2. The topological polar surface area (TPSA) is 20.2 Å². The van der Waals surface area contributed by atoms with E-state index in [2.05, 4.69) is 19.9 Å². The molecule has 1 N–H and O–H groups in total. The van der Waals surface area contributed by atoms with Gasteiger partial charge in [-0.05, 0) is 55.8 Å². The number of allylic oxidation sites excluding steroid dienone is 2. The van der Waals surface area contributed by atoms with Crippen molar-refractivity contribution in [1.29, 1.82) is 0 Å². The van der Waals surface area contributed by atoms with Crippen LogP contribution in [0.1, 0.15) is 52.4 Å². The molecule has 2 aliphatic carbocycles. The molecule has 0 aromatic heterocycles. The number of rotatable bonds is 3. The molecule has 1 fully saturated rings. The Hall–Kier alpha value is -0.300. The van der Waals surface area contributed by atoms with Crippen LogP contribution in [0.25, 0.3) is 0 Å². The minimum absolute atomic E-state index is 0.344. The minimum Gasteiger partial charge on any atom is -0.396 e. The molecule has 1 heteroatoms. The number of aliphatic hydroxyl groups excluding tert-OH is 1. The van der Waals surface area contributed by atoms with Gasteiger partial charge in [-0.2, -0.15) is 0 Å². The second-order valence-electron chi connectivity index (χ2n) is 5.99. The Labute approximate surface area is 93.6 Å². The molecule has 2 aliphatic rings. The van der Waals surface area contributed by atoms with Gasteiger partial charge in [0.05, 0.1) is 0 Å². The fourth-order valence-corrected chi connectivity index (χ4v) is 3.55. The van der Waals surface area contributed by atoms with Gasteiger partial charge in [0, 0.05) is 6.61 Å². The smallest absolute Gasteiger partial charge is 0.0434 e. The molecule has 2 rings (SSSR count). The first-order valence-electron chi connectivity index (χ1n) is 6.44. The zero-order chi connectivity index (χ0) is 10.9. The lowest BCUT2D eigenvalue weighted by atomic mass is 9.72. The molecule has 1 saturated carbocycles. The van der Waals surface area contributed by atoms with Crippen molar-refractivity contribution in [3.8, 4) is 0 Å². The molecule has 0 heterocycles. The van der Waals surface area contributed by atoms with E-state index in [1.807, 2.05) is 0 Å². The normalized spacial score (nSPS) is 33.7. The number of aliphatic hydroxyl groups is 1. The first-order chi connectivity index (χ1) is 7.13. The zero-order valence-electron chi connectivity index (χ0n) is 10.1. The summed E-state index contributed by atoms with van der Waals surface area (Å²) in [7, 11) is 0. The molecule has 0 aromatic rings. The number of fused-ring (bicyclic) bond motifs is 1. The second-order valence-corrected chi connectivity index (χ2v) is 5.99. The van der Waals surface area contributed by atoms with Crippen molar-refractivity contribution in [2.24, 2.45) is 17.3 Å². The Morgan fingerprint density at radius 1 is 1.40 bits per heavy atom. The van der Waals surface area contributed by atoms with Gasteiger partial charge in [0.25, 0.3) is 0 Å². The van der Waals surface area contributed by atoms with Crippen LogP contribution in [0, 0.1) is 17.3 Å². The van der Waals surface area contributed by atoms with Gasteiger partial charge in [0.1, 0.15) is 0 Å². The number of hydrogen-bond donors (Lipinski definition) is 1. The van der Waals surface area contributed by atoms with Crippen molar-refractivity contribution in [2.45, 2.75) is 52.4 Å². The lowest BCUT2D eigenvalue weighted by molar-refractivity contribution is 0.212. The molecule has 1 nitrogen and oxygen atoms in total. The van der Waals surface area contributed by atoms with Crippen LogP contribution in [0.15, 0.2) is 11.6 Å². The van der Waals surface area contributed by atoms with Gasteiger partial charge >= 0.3 is 0 Å². The molecule has 86 valence electrons. The van der Waals surface area contributed by atoms with Gasteiger partial charge in [-0.1, -0.05) is 25.5 Å². The molecule has 15 heavy (non-hydrogen) atoms. The van der Waals surface area contributed by atoms with E-state index in [9.17, 15) is 0 Å². The molecule has 2 atom stereocenters. The first kappa shape index (κ1) is 11.2. The molecule has 0 saturated heterocycles. The Morgan fingerprint density at radius 3 is 2.93 bits per heavy atom. The molecule has 0 bridgehead atoms. The summed E-state index contributed by atoms with van der Waals surface area (Å²) in [4.78, 5) is 0. The molecule has 0 aromatic carbocycles. The van der Waals surface area contributed by atoms with Crippen molar-refractivity contribution in [1.82, 2.24) is 0 Å². The highest BCUT2D eigenvalue weighted by Crippen LogP contribution is 2.52. The standard InChI is InChI=1S/C14H24O/c1-14(2)8-7-12-10-11(4-3-9-15)5-6-13(12)14/h10,12-13,15H,3-9H2,1-2H3. The Bertz CT molecular complexity index is 252. The lowest BCUT2D eigenvalue weighted by Crippen LogP contribution is -2.24. The third-order valence-corrected chi connectivity index (χ3v) is 4.52. The highest BCUT2D eigenvalue weighted by Gasteiger charge is 2.41. The van der Waals surface area contributed by atoms with Crippen LogP contribution in [0.3, 0.4) is 0 Å². The minimum atomic E-state index is 0.344. The SMILES string of the molecule is CC1(C)CCC2C=C(CCCO)CCC21. The van der Waals surface area contributed by atoms with Crippen molar-refractivity contribution in [2.75, 3.05) is 6.61 Å². The molecular weight excluding hydrogens is 184 g/mol. The monoisotopic (exact) mass is 208 g/mol. The van der Waals surface area contributed by atoms with Crippen molar-refractivity contribution in [3.63, 3.8) is 0 Å². The molecule has 0 aliphatic heterocycles. The van der Waals surface area contributed by atoms with E-state index in [4.69, 9.17) is 5.11 Å². The fourth-order valence-electron chi connectivity index (χ4n) is 3.55. The van der Waals surface area contributed by atoms with E-state index in [-0.39, 0.29) is 0 Å². The maximum Gasteiger partial charge on any atom is 0.0434 e. The van der Waals surface area contributed by atoms with Gasteiger partial charge in [0.15, 0.2) is 0 Å². The van der Waals surface area contributed by atoms with Crippen LogP contribution in [0.4, 0.5) is 0 Å². The maximum absolute atomic E-state index is 8.84. The van der Waals surface area contributed by atoms with Gasteiger partial charge in [0.2, 0.25) is 0 Å². The predicted octanol–water partition coefficient (Wildman–Crippen LogP) is 3.53. The van der Waals surface area contributed by atoms with E-state index >= 15 is 0 Å². The van der Waals surface area contributed by atoms with Crippen LogP contribution in [0.2, 0.25) is 0 Å². The van der Waals surface area contributed by atoms with E-state index in [1.54, 1.807) is 5.57 Å². The molecule has 2 unspecified atom stereocenters. The maximum atomic E-state index is 8.84. The average Bonchev–Trinajstić information content (AvgIpc) is 2.52. The third kappa shape index (κ3) is 2.28. The van der Waals surface area contributed by atoms with Gasteiger partial charge in [-0.15, -0.1) is 0 Å². The predicted molar refractivity (Wildman–Crippen MR) is 63.6 cm³/mol. The summed E-state index contributed by atoms with van der Waals surface area (Å²) in [5.74, 6) is 1.78. The molecule has 0 spiro atoms. The van der Waals surface area contributed by atoms with Crippen LogP contribution in [-0.4, -0.2) is 11.7 Å². The Morgan fingerprint density at radius 2 is 2.20 bits per heavy atom. The first-order valence-corrected chi connectivity index (χ1v) is 6.44. The molecular formula is C14H24O. The summed E-state index contributed by atoms with van der Waals surface area (Å²) >= 11 is 0. The van der Waals surface area contributed by atoms with Gasteiger partial charge < -0.3 is 5.11 Å². The van der Waals surface area contributed by atoms with Gasteiger partial charge in [-0.3, -0.25) is 0 Å². The van der Waals surface area contributed by atoms with Crippen molar-refractivity contribution >= 4 is 0 Å². The van der Waals surface area contributed by atoms with E-state index < -0.39 is 0 Å². The van der Waals surface area contributed by atoms with E-state index in [1.165, 1.54) is 25.7 Å². The molecule has 0 amide bonds. The summed E-state index contributed by atoms with van der Waals surface area (Å²) in [5.41, 5.74) is 2.19. The summed E-state index contributed by atoms with van der Waals surface area (Å²) in [6, 6.07) is 0. The largest absolute Gasteiger partial charge is 0.396 e. The number of hydrogen-bond acceptors (Lipinski definition) is 1. The summed E-state index contributed by atoms with van der Waals surface area (Å²) < 4.78 is 0. The zero-order valence-corrected chi connectivity index (χ0v) is 10.1. The highest BCUT2D eigenvalue weighted by molar-refractivity contribution is 5.14. The fraction of sp³-hybridized carbons (Fsp3) is 0.857. The quantitative estimate of drug-likeness (QED) is 0.703. The second kappa shape index (κ2) is 4.29. The Kier molecular flexibility index (Phi) is 3.20.